The number of thiophene rings is 1. The maximum Gasteiger partial charge on any atom is 0.139 e. The van der Waals surface area contributed by atoms with Crippen LogP contribution in [-0.2, 0) is 0 Å². The van der Waals surface area contributed by atoms with Crippen molar-refractivity contribution in [2.45, 2.75) is 0 Å². The van der Waals surface area contributed by atoms with E-state index in [2.05, 4.69) is 4.98 Å². The van der Waals surface area contributed by atoms with Gasteiger partial charge >= 0.3 is 0 Å². The van der Waals surface area contributed by atoms with Gasteiger partial charge in [0.15, 0.2) is 0 Å². The molecular weight excluding hydrogens is 172 g/mol. The SMILES string of the molecule is COc1ccnc2cc(N)sc12. The highest BCUT2D eigenvalue weighted by Gasteiger charge is 2.04. The normalized spacial score (nSPS) is 10.4. The van der Waals surface area contributed by atoms with E-state index in [9.17, 15) is 0 Å². The van der Waals surface area contributed by atoms with Gasteiger partial charge in [0.1, 0.15) is 5.75 Å². The Hall–Kier alpha value is -1.29. The topological polar surface area (TPSA) is 48.1 Å². The van der Waals surface area contributed by atoms with E-state index in [1.54, 1.807) is 13.3 Å². The lowest BCUT2D eigenvalue weighted by Crippen LogP contribution is -1.82. The van der Waals surface area contributed by atoms with E-state index in [0.29, 0.717) is 0 Å². The summed E-state index contributed by atoms with van der Waals surface area (Å²) < 4.78 is 6.17. The Morgan fingerprint density at radius 2 is 2.42 bits per heavy atom. The first kappa shape index (κ1) is 7.36. The minimum absolute atomic E-state index is 0.766. The largest absolute Gasteiger partial charge is 0.495 e. The fourth-order valence-electron chi connectivity index (χ4n) is 1.09. The Labute approximate surface area is 73.8 Å². The van der Waals surface area contributed by atoms with Crippen molar-refractivity contribution in [3.05, 3.63) is 18.3 Å². The summed E-state index contributed by atoms with van der Waals surface area (Å²) in [7, 11) is 1.64. The summed E-state index contributed by atoms with van der Waals surface area (Å²) in [5.74, 6) is 0.835. The van der Waals surface area contributed by atoms with E-state index in [-0.39, 0.29) is 0 Å². The minimum Gasteiger partial charge on any atom is -0.495 e. The molecule has 0 saturated carbocycles. The lowest BCUT2D eigenvalue weighted by Gasteiger charge is -1.98. The van der Waals surface area contributed by atoms with E-state index in [4.69, 9.17) is 10.5 Å². The van der Waals surface area contributed by atoms with Gasteiger partial charge in [-0.25, -0.2) is 0 Å². The number of fused-ring (bicyclic) bond motifs is 1. The molecule has 2 rings (SSSR count). The zero-order chi connectivity index (χ0) is 8.55. The molecule has 0 aromatic carbocycles. The number of nitrogens with two attached hydrogens (primary N) is 1. The van der Waals surface area contributed by atoms with Crippen LogP contribution in [0.4, 0.5) is 5.00 Å². The number of hydrogen-bond acceptors (Lipinski definition) is 4. The van der Waals surface area contributed by atoms with Crippen LogP contribution >= 0.6 is 11.3 Å². The smallest absolute Gasteiger partial charge is 0.139 e. The van der Waals surface area contributed by atoms with Gasteiger partial charge in [-0.3, -0.25) is 4.98 Å². The zero-order valence-electron chi connectivity index (χ0n) is 6.57. The first-order chi connectivity index (χ1) is 5.81. The predicted molar refractivity (Wildman–Crippen MR) is 50.6 cm³/mol. The zero-order valence-corrected chi connectivity index (χ0v) is 7.39. The molecule has 4 heteroatoms. The number of nitrogen functional groups attached to an aromatic ring is 1. The molecule has 0 aliphatic carbocycles. The quantitative estimate of drug-likeness (QED) is 0.729. The van der Waals surface area contributed by atoms with Gasteiger partial charge < -0.3 is 10.5 Å². The van der Waals surface area contributed by atoms with Gasteiger partial charge in [0.2, 0.25) is 0 Å². The van der Waals surface area contributed by atoms with E-state index < -0.39 is 0 Å². The average molecular weight is 180 g/mol. The second kappa shape index (κ2) is 2.64. The first-order valence-electron chi connectivity index (χ1n) is 3.49. The third-order valence-corrected chi connectivity index (χ3v) is 2.58. The second-order valence-corrected chi connectivity index (χ2v) is 3.46. The van der Waals surface area contributed by atoms with Crippen molar-refractivity contribution < 1.29 is 4.74 Å². The lowest BCUT2D eigenvalue weighted by molar-refractivity contribution is 0.420. The van der Waals surface area contributed by atoms with Gasteiger partial charge in [0, 0.05) is 6.20 Å². The molecule has 2 heterocycles. The summed E-state index contributed by atoms with van der Waals surface area (Å²) in [6, 6.07) is 3.68. The van der Waals surface area contributed by atoms with Gasteiger partial charge in [-0.15, -0.1) is 11.3 Å². The Morgan fingerprint density at radius 1 is 1.58 bits per heavy atom. The summed E-state index contributed by atoms with van der Waals surface area (Å²) in [4.78, 5) is 4.16. The van der Waals surface area contributed by atoms with Gasteiger partial charge in [-0.2, -0.15) is 0 Å². The average Bonchev–Trinajstić information content (AvgIpc) is 2.44. The molecule has 2 aromatic rings. The van der Waals surface area contributed by atoms with Crippen LogP contribution in [0.2, 0.25) is 0 Å². The molecule has 0 spiro atoms. The van der Waals surface area contributed by atoms with Crippen molar-refractivity contribution in [3.63, 3.8) is 0 Å². The highest BCUT2D eigenvalue weighted by atomic mass is 32.1. The van der Waals surface area contributed by atoms with Crippen LogP contribution in [0, 0.1) is 0 Å². The maximum absolute atomic E-state index is 5.64. The Balaban J connectivity index is 2.78. The van der Waals surface area contributed by atoms with Crippen molar-refractivity contribution in [1.82, 2.24) is 4.98 Å². The van der Waals surface area contributed by atoms with Crippen molar-refractivity contribution in [2.75, 3.05) is 12.8 Å². The Morgan fingerprint density at radius 3 is 3.17 bits per heavy atom. The van der Waals surface area contributed by atoms with Gasteiger partial charge in [-0.05, 0) is 12.1 Å². The van der Waals surface area contributed by atoms with E-state index in [0.717, 1.165) is 21.0 Å². The molecule has 12 heavy (non-hydrogen) atoms. The Kier molecular flexibility index (Phi) is 1.62. The van der Waals surface area contributed by atoms with Gasteiger partial charge in [-0.1, -0.05) is 0 Å². The number of methoxy groups -OCH3 is 1. The number of aromatic nitrogens is 1. The van der Waals surface area contributed by atoms with Crippen molar-refractivity contribution in [1.29, 1.82) is 0 Å². The molecule has 62 valence electrons. The summed E-state index contributed by atoms with van der Waals surface area (Å²) in [5.41, 5.74) is 6.54. The predicted octanol–water partition coefficient (Wildman–Crippen LogP) is 1.89. The van der Waals surface area contributed by atoms with E-state index in [1.165, 1.54) is 11.3 Å². The van der Waals surface area contributed by atoms with Crippen LogP contribution in [0.1, 0.15) is 0 Å². The molecule has 3 nitrogen and oxygen atoms in total. The highest BCUT2D eigenvalue weighted by Crippen LogP contribution is 2.32. The monoisotopic (exact) mass is 180 g/mol. The highest BCUT2D eigenvalue weighted by molar-refractivity contribution is 7.22. The van der Waals surface area contributed by atoms with Crippen LogP contribution in [0.25, 0.3) is 10.2 Å². The molecule has 0 amide bonds. The lowest BCUT2D eigenvalue weighted by atomic mass is 10.4. The number of ether oxygens (including phenoxy) is 1. The molecule has 0 aliphatic rings. The molecule has 2 N–H and O–H groups in total. The maximum atomic E-state index is 5.64. The number of pyridine rings is 1. The van der Waals surface area contributed by atoms with E-state index >= 15 is 0 Å². The molecule has 0 atom stereocenters. The molecule has 0 aliphatic heterocycles. The number of anilines is 1. The Bertz CT molecular complexity index is 410. The van der Waals surface area contributed by atoms with Crippen molar-refractivity contribution in [3.8, 4) is 5.75 Å². The second-order valence-electron chi connectivity index (χ2n) is 2.38. The van der Waals surface area contributed by atoms with Crippen LogP contribution in [0.3, 0.4) is 0 Å². The third kappa shape index (κ3) is 1.00. The van der Waals surface area contributed by atoms with Crippen molar-refractivity contribution in [2.24, 2.45) is 0 Å². The number of rotatable bonds is 1. The molecule has 2 aromatic heterocycles. The summed E-state index contributed by atoms with van der Waals surface area (Å²) in [5, 5.41) is 0.766. The fraction of sp³-hybridized carbons (Fsp3) is 0.125. The summed E-state index contributed by atoms with van der Waals surface area (Å²) >= 11 is 1.49. The number of nitrogens with zero attached hydrogens (tertiary/aromatic N) is 1. The fourth-order valence-corrected chi connectivity index (χ4v) is 1.97. The molecule has 0 bridgehead atoms. The van der Waals surface area contributed by atoms with Crippen LogP contribution in [0.5, 0.6) is 5.75 Å². The van der Waals surface area contributed by atoms with E-state index in [1.807, 2.05) is 12.1 Å². The van der Waals surface area contributed by atoms with Crippen LogP contribution in [-0.4, -0.2) is 12.1 Å². The van der Waals surface area contributed by atoms with Crippen molar-refractivity contribution >= 4 is 26.6 Å². The van der Waals surface area contributed by atoms with Gasteiger partial charge in [0.25, 0.3) is 0 Å². The molecule has 0 fully saturated rings. The standard InChI is InChI=1S/C8H8N2OS/c1-11-6-2-3-10-5-4-7(9)12-8(5)6/h2-4H,9H2,1H3. The molecular formula is C8H8N2OS. The third-order valence-electron chi connectivity index (χ3n) is 1.61. The molecule has 0 radical (unpaired) electrons. The number of hydrogen-bond donors (Lipinski definition) is 1. The summed E-state index contributed by atoms with van der Waals surface area (Å²) in [6.07, 6.45) is 1.72. The molecule has 0 saturated heterocycles. The molecule has 0 unspecified atom stereocenters. The van der Waals surface area contributed by atoms with Gasteiger partial charge in [0.05, 0.1) is 22.3 Å². The van der Waals surface area contributed by atoms with Crippen LogP contribution in [0.15, 0.2) is 18.3 Å². The van der Waals surface area contributed by atoms with Crippen LogP contribution < -0.4 is 10.5 Å². The summed E-state index contributed by atoms with van der Waals surface area (Å²) in [6.45, 7) is 0. The first-order valence-corrected chi connectivity index (χ1v) is 4.31. The minimum atomic E-state index is 0.766.